The summed E-state index contributed by atoms with van der Waals surface area (Å²) in [6.45, 7) is 6.43. The van der Waals surface area contributed by atoms with Crippen molar-refractivity contribution in [1.29, 1.82) is 0 Å². The highest BCUT2D eigenvalue weighted by Gasteiger charge is 2.30. The van der Waals surface area contributed by atoms with Crippen LogP contribution in [0.1, 0.15) is 39.5 Å². The van der Waals surface area contributed by atoms with Gasteiger partial charge in [-0.3, -0.25) is 9.69 Å². The molecule has 1 N–H and O–H groups in total. The molecule has 0 saturated carbocycles. The van der Waals surface area contributed by atoms with E-state index in [1.807, 2.05) is 14.0 Å². The topological polar surface area (TPSA) is 41.6 Å². The van der Waals surface area contributed by atoms with Crippen LogP contribution in [0.3, 0.4) is 0 Å². The average Bonchev–Trinajstić information content (AvgIpc) is 2.36. The molecule has 1 heterocycles. The number of likely N-dealkylation sites (N-methyl/N-ethyl adjacent to an activating group) is 1. The van der Waals surface area contributed by atoms with E-state index in [2.05, 4.69) is 17.1 Å². The van der Waals surface area contributed by atoms with E-state index in [9.17, 15) is 4.79 Å². The van der Waals surface area contributed by atoms with E-state index in [0.717, 1.165) is 32.4 Å². The van der Waals surface area contributed by atoms with Gasteiger partial charge in [0, 0.05) is 12.6 Å². The molecular formula is C13H26N2O2. The van der Waals surface area contributed by atoms with E-state index >= 15 is 0 Å². The fraction of sp³-hybridized carbons (Fsp3) is 0.923. The quantitative estimate of drug-likeness (QED) is 0.715. The predicted molar refractivity (Wildman–Crippen MR) is 69.0 cm³/mol. The summed E-state index contributed by atoms with van der Waals surface area (Å²) in [6, 6.07) is 0.466. The number of piperidine rings is 1. The lowest BCUT2D eigenvalue weighted by molar-refractivity contribution is -0.150. The van der Waals surface area contributed by atoms with Gasteiger partial charge in [0.15, 0.2) is 0 Å². The second kappa shape index (κ2) is 7.67. The maximum absolute atomic E-state index is 11.9. The molecule has 4 nitrogen and oxygen atoms in total. The van der Waals surface area contributed by atoms with Crippen LogP contribution in [0.2, 0.25) is 0 Å². The lowest BCUT2D eigenvalue weighted by Gasteiger charge is -2.36. The molecule has 1 aliphatic heterocycles. The van der Waals surface area contributed by atoms with Gasteiger partial charge in [0.25, 0.3) is 0 Å². The van der Waals surface area contributed by atoms with E-state index in [1.54, 1.807) is 0 Å². The number of carbonyl (C=O) groups excluding carboxylic acids is 1. The van der Waals surface area contributed by atoms with Crippen LogP contribution in [-0.4, -0.2) is 49.7 Å². The number of hydrogen-bond donors (Lipinski definition) is 1. The first-order chi connectivity index (χ1) is 8.22. The third-order valence-corrected chi connectivity index (χ3v) is 3.42. The monoisotopic (exact) mass is 242 g/mol. The third-order valence-electron chi connectivity index (χ3n) is 3.42. The molecule has 1 rings (SSSR count). The smallest absolute Gasteiger partial charge is 0.323 e. The number of likely N-dealkylation sites (tertiary alicyclic amines) is 1. The molecule has 4 heteroatoms. The first-order valence-corrected chi connectivity index (χ1v) is 6.80. The van der Waals surface area contributed by atoms with Gasteiger partial charge >= 0.3 is 5.97 Å². The Hall–Kier alpha value is -0.610. The van der Waals surface area contributed by atoms with Gasteiger partial charge in [0.05, 0.1) is 6.61 Å². The zero-order chi connectivity index (χ0) is 12.7. The summed E-state index contributed by atoms with van der Waals surface area (Å²) < 4.78 is 5.18. The molecule has 0 aromatic carbocycles. The molecule has 2 atom stereocenters. The highest BCUT2D eigenvalue weighted by molar-refractivity contribution is 5.75. The van der Waals surface area contributed by atoms with Crippen LogP contribution >= 0.6 is 0 Å². The second-order valence-electron chi connectivity index (χ2n) is 4.68. The van der Waals surface area contributed by atoms with Crippen LogP contribution in [-0.2, 0) is 9.53 Å². The summed E-state index contributed by atoms with van der Waals surface area (Å²) in [4.78, 5) is 14.2. The van der Waals surface area contributed by atoms with E-state index in [-0.39, 0.29) is 12.0 Å². The second-order valence-corrected chi connectivity index (χ2v) is 4.68. The van der Waals surface area contributed by atoms with Gasteiger partial charge in [-0.05, 0) is 39.8 Å². The molecule has 1 fully saturated rings. The van der Waals surface area contributed by atoms with Crippen LogP contribution in [0.5, 0.6) is 0 Å². The van der Waals surface area contributed by atoms with Crippen LogP contribution in [0, 0.1) is 0 Å². The van der Waals surface area contributed by atoms with E-state index in [4.69, 9.17) is 4.74 Å². The number of nitrogens with zero attached hydrogens (tertiary/aromatic N) is 1. The van der Waals surface area contributed by atoms with Crippen molar-refractivity contribution in [2.24, 2.45) is 0 Å². The molecule has 1 saturated heterocycles. The van der Waals surface area contributed by atoms with Crippen molar-refractivity contribution >= 4 is 5.97 Å². The molecule has 0 aliphatic carbocycles. The summed E-state index contributed by atoms with van der Waals surface area (Å²) in [5.41, 5.74) is 0. The van der Waals surface area contributed by atoms with Crippen molar-refractivity contribution < 1.29 is 9.53 Å². The number of nitrogens with one attached hydrogen (secondary N) is 1. The molecule has 0 bridgehead atoms. The van der Waals surface area contributed by atoms with Gasteiger partial charge in [-0.25, -0.2) is 0 Å². The van der Waals surface area contributed by atoms with Gasteiger partial charge in [0.1, 0.15) is 6.04 Å². The fourth-order valence-corrected chi connectivity index (χ4v) is 2.49. The van der Waals surface area contributed by atoms with Crippen LogP contribution in [0.15, 0.2) is 0 Å². The van der Waals surface area contributed by atoms with E-state index in [0.29, 0.717) is 12.6 Å². The van der Waals surface area contributed by atoms with Crippen molar-refractivity contribution in [1.82, 2.24) is 10.2 Å². The third kappa shape index (κ3) is 4.28. The summed E-state index contributed by atoms with van der Waals surface area (Å²) in [5, 5.41) is 3.31. The Balaban J connectivity index is 2.58. The minimum Gasteiger partial charge on any atom is -0.465 e. The lowest BCUT2D eigenvalue weighted by atomic mass is 10.0. The average molecular weight is 242 g/mol. The Morgan fingerprint density at radius 2 is 2.29 bits per heavy atom. The van der Waals surface area contributed by atoms with Crippen LogP contribution in [0.25, 0.3) is 0 Å². The van der Waals surface area contributed by atoms with Gasteiger partial charge in [-0.1, -0.05) is 13.3 Å². The van der Waals surface area contributed by atoms with E-state index < -0.39 is 0 Å². The fourth-order valence-electron chi connectivity index (χ4n) is 2.49. The van der Waals surface area contributed by atoms with Crippen molar-refractivity contribution in [2.45, 2.75) is 51.6 Å². The van der Waals surface area contributed by atoms with Gasteiger partial charge < -0.3 is 10.1 Å². The first-order valence-electron chi connectivity index (χ1n) is 6.80. The number of ether oxygens (including phenoxy) is 1. The van der Waals surface area contributed by atoms with Crippen molar-refractivity contribution in [2.75, 3.05) is 26.7 Å². The van der Waals surface area contributed by atoms with Crippen LogP contribution in [0.4, 0.5) is 0 Å². The maximum atomic E-state index is 11.9. The molecule has 2 unspecified atom stereocenters. The molecule has 1 aliphatic rings. The number of esters is 1. The number of hydrogen-bond acceptors (Lipinski definition) is 4. The zero-order valence-corrected chi connectivity index (χ0v) is 11.4. The SMILES string of the molecule is CCCC(C(=O)OCC)N1CCCC(NC)C1. The molecule has 100 valence electrons. The summed E-state index contributed by atoms with van der Waals surface area (Å²) in [6.07, 6.45) is 4.28. The largest absolute Gasteiger partial charge is 0.465 e. The first kappa shape index (κ1) is 14.5. The standard InChI is InChI=1S/C13H26N2O2/c1-4-7-12(13(16)17-5-2)15-9-6-8-11(10-15)14-3/h11-12,14H,4-10H2,1-3H3. The minimum atomic E-state index is -0.0499. The number of rotatable bonds is 6. The van der Waals surface area contributed by atoms with Gasteiger partial charge in [-0.15, -0.1) is 0 Å². The van der Waals surface area contributed by atoms with E-state index in [1.165, 1.54) is 6.42 Å². The molecule has 0 radical (unpaired) electrons. The van der Waals surface area contributed by atoms with Crippen molar-refractivity contribution in [3.8, 4) is 0 Å². The van der Waals surface area contributed by atoms with Crippen LogP contribution < -0.4 is 5.32 Å². The summed E-state index contributed by atoms with van der Waals surface area (Å²) in [7, 11) is 1.99. The maximum Gasteiger partial charge on any atom is 0.323 e. The molecule has 0 aromatic rings. The Morgan fingerprint density at radius 3 is 2.88 bits per heavy atom. The molecule has 0 aromatic heterocycles. The Labute approximate surface area is 105 Å². The summed E-state index contributed by atoms with van der Waals surface area (Å²) in [5.74, 6) is -0.0499. The highest BCUT2D eigenvalue weighted by Crippen LogP contribution is 2.17. The van der Waals surface area contributed by atoms with Crippen molar-refractivity contribution in [3.05, 3.63) is 0 Å². The molecule has 17 heavy (non-hydrogen) atoms. The Kier molecular flexibility index (Phi) is 6.52. The van der Waals surface area contributed by atoms with Gasteiger partial charge in [0.2, 0.25) is 0 Å². The lowest BCUT2D eigenvalue weighted by Crippen LogP contribution is -2.51. The molecular weight excluding hydrogens is 216 g/mol. The Bertz CT molecular complexity index is 233. The molecule has 0 spiro atoms. The highest BCUT2D eigenvalue weighted by atomic mass is 16.5. The van der Waals surface area contributed by atoms with Gasteiger partial charge in [-0.2, -0.15) is 0 Å². The minimum absolute atomic E-state index is 0.0453. The number of carbonyl (C=O) groups is 1. The molecule has 0 amide bonds. The predicted octanol–water partition coefficient (Wildman–Crippen LogP) is 1.40. The normalized spacial score (nSPS) is 23.4. The summed E-state index contributed by atoms with van der Waals surface area (Å²) >= 11 is 0. The zero-order valence-electron chi connectivity index (χ0n) is 11.4. The van der Waals surface area contributed by atoms with Crippen molar-refractivity contribution in [3.63, 3.8) is 0 Å². The Morgan fingerprint density at radius 1 is 1.53 bits per heavy atom.